The van der Waals surface area contributed by atoms with E-state index >= 15 is 0 Å². The van der Waals surface area contributed by atoms with Crippen LogP contribution < -0.4 is 5.73 Å². The second-order valence-electron chi connectivity index (χ2n) is 5.22. The summed E-state index contributed by atoms with van der Waals surface area (Å²) in [5.74, 6) is -0.327. The molecule has 2 aromatic rings. The van der Waals surface area contributed by atoms with Crippen molar-refractivity contribution in [1.29, 1.82) is 5.26 Å². The molecule has 0 aliphatic rings. The lowest BCUT2D eigenvalue weighted by Gasteiger charge is -2.22. The van der Waals surface area contributed by atoms with Crippen molar-refractivity contribution in [3.8, 4) is 11.8 Å². The van der Waals surface area contributed by atoms with Crippen molar-refractivity contribution in [2.75, 3.05) is 0 Å². The molecule has 0 aromatic heterocycles. The number of benzene rings is 2. The van der Waals surface area contributed by atoms with Gasteiger partial charge in [-0.25, -0.2) is 4.39 Å². The molecule has 0 radical (unpaired) electrons. The van der Waals surface area contributed by atoms with Gasteiger partial charge in [-0.15, -0.1) is 12.4 Å². The van der Waals surface area contributed by atoms with Crippen LogP contribution in [-0.2, 0) is 6.42 Å². The van der Waals surface area contributed by atoms with E-state index in [1.54, 1.807) is 18.2 Å². The SMILES string of the molecule is CC(N)C(Cc1ccc(O)cc1)c1cc(F)cc(C#N)c1.Cl. The van der Waals surface area contributed by atoms with Gasteiger partial charge in [0.2, 0.25) is 0 Å². The predicted molar refractivity (Wildman–Crippen MR) is 86.6 cm³/mol. The fourth-order valence-electron chi connectivity index (χ4n) is 2.38. The highest BCUT2D eigenvalue weighted by Gasteiger charge is 2.18. The van der Waals surface area contributed by atoms with E-state index in [1.807, 2.05) is 25.1 Å². The van der Waals surface area contributed by atoms with Crippen molar-refractivity contribution in [3.63, 3.8) is 0 Å². The minimum Gasteiger partial charge on any atom is -0.508 e. The standard InChI is InChI=1S/C17H17FN2O.ClH/c1-11(20)17(8-12-2-4-16(21)5-3-12)14-6-13(10-19)7-15(18)9-14;/h2-7,9,11,17,21H,8,20H2,1H3;1H. The molecule has 0 spiro atoms. The molecule has 0 saturated heterocycles. The maximum Gasteiger partial charge on any atom is 0.124 e. The molecular formula is C17H18ClFN2O. The summed E-state index contributed by atoms with van der Waals surface area (Å²) >= 11 is 0. The molecule has 0 amide bonds. The molecular weight excluding hydrogens is 303 g/mol. The number of nitrogens with two attached hydrogens (primary N) is 1. The first-order valence-corrected chi connectivity index (χ1v) is 6.73. The summed E-state index contributed by atoms with van der Waals surface area (Å²) in [4.78, 5) is 0. The molecule has 3 nitrogen and oxygen atoms in total. The zero-order chi connectivity index (χ0) is 15.4. The predicted octanol–water partition coefficient (Wildman–Crippen LogP) is 3.50. The quantitative estimate of drug-likeness (QED) is 0.905. The Kier molecular flexibility index (Phi) is 6.36. The molecule has 0 bridgehead atoms. The van der Waals surface area contributed by atoms with Crippen molar-refractivity contribution >= 4 is 12.4 Å². The van der Waals surface area contributed by atoms with Crippen LogP contribution in [0, 0.1) is 17.1 Å². The number of hydrogen-bond acceptors (Lipinski definition) is 3. The molecule has 2 aromatic carbocycles. The van der Waals surface area contributed by atoms with Crippen LogP contribution in [0.5, 0.6) is 5.75 Å². The van der Waals surface area contributed by atoms with Crippen LogP contribution in [0.25, 0.3) is 0 Å². The van der Waals surface area contributed by atoms with E-state index in [2.05, 4.69) is 0 Å². The highest BCUT2D eigenvalue weighted by atomic mass is 35.5. The van der Waals surface area contributed by atoms with Gasteiger partial charge in [0, 0.05) is 12.0 Å². The third kappa shape index (κ3) is 4.45. The Labute approximate surface area is 135 Å². The first-order valence-electron chi connectivity index (χ1n) is 6.73. The van der Waals surface area contributed by atoms with Crippen molar-refractivity contribution in [2.24, 2.45) is 5.73 Å². The Morgan fingerprint density at radius 2 is 1.86 bits per heavy atom. The topological polar surface area (TPSA) is 70.0 Å². The van der Waals surface area contributed by atoms with E-state index in [-0.39, 0.29) is 30.1 Å². The van der Waals surface area contributed by atoms with Crippen LogP contribution in [0.3, 0.4) is 0 Å². The summed E-state index contributed by atoms with van der Waals surface area (Å²) < 4.78 is 13.6. The molecule has 0 aliphatic heterocycles. The highest BCUT2D eigenvalue weighted by molar-refractivity contribution is 5.85. The van der Waals surface area contributed by atoms with Crippen LogP contribution in [0.4, 0.5) is 4.39 Å². The number of phenolic OH excluding ortho intramolecular Hbond substituents is 1. The molecule has 5 heteroatoms. The first-order chi connectivity index (χ1) is 9.99. The van der Waals surface area contributed by atoms with Crippen LogP contribution in [0.2, 0.25) is 0 Å². The lowest BCUT2D eigenvalue weighted by atomic mass is 9.86. The van der Waals surface area contributed by atoms with Gasteiger partial charge in [0.15, 0.2) is 0 Å². The smallest absolute Gasteiger partial charge is 0.124 e. The van der Waals surface area contributed by atoms with Gasteiger partial charge in [0.25, 0.3) is 0 Å². The molecule has 0 heterocycles. The third-order valence-electron chi connectivity index (χ3n) is 3.50. The van der Waals surface area contributed by atoms with Gasteiger partial charge in [0.1, 0.15) is 11.6 Å². The number of phenols is 1. The minimum atomic E-state index is -0.430. The number of aromatic hydroxyl groups is 1. The Bertz CT molecular complexity index is 665. The van der Waals surface area contributed by atoms with Crippen molar-refractivity contribution in [1.82, 2.24) is 0 Å². The molecule has 2 unspecified atom stereocenters. The Morgan fingerprint density at radius 1 is 1.23 bits per heavy atom. The molecule has 3 N–H and O–H groups in total. The van der Waals surface area contributed by atoms with Crippen LogP contribution >= 0.6 is 12.4 Å². The highest BCUT2D eigenvalue weighted by Crippen LogP contribution is 2.26. The maximum atomic E-state index is 13.6. The van der Waals surface area contributed by atoms with E-state index in [4.69, 9.17) is 11.0 Å². The Morgan fingerprint density at radius 3 is 2.41 bits per heavy atom. The molecule has 22 heavy (non-hydrogen) atoms. The zero-order valence-electron chi connectivity index (χ0n) is 12.2. The number of halogens is 2. The van der Waals surface area contributed by atoms with Crippen molar-refractivity contribution in [3.05, 3.63) is 65.0 Å². The van der Waals surface area contributed by atoms with Crippen LogP contribution in [0.15, 0.2) is 42.5 Å². The third-order valence-corrected chi connectivity index (χ3v) is 3.50. The van der Waals surface area contributed by atoms with Crippen LogP contribution in [0.1, 0.15) is 29.5 Å². The van der Waals surface area contributed by atoms with Gasteiger partial charge in [-0.3, -0.25) is 0 Å². The monoisotopic (exact) mass is 320 g/mol. The first kappa shape index (κ1) is 18.0. The molecule has 116 valence electrons. The van der Waals surface area contributed by atoms with E-state index in [1.165, 1.54) is 12.1 Å². The number of nitrogens with zero attached hydrogens (tertiary/aromatic N) is 1. The second-order valence-corrected chi connectivity index (χ2v) is 5.22. The minimum absolute atomic E-state index is 0. The normalized spacial score (nSPS) is 12.8. The van der Waals surface area contributed by atoms with Crippen LogP contribution in [-0.4, -0.2) is 11.1 Å². The Hall–Kier alpha value is -2.09. The van der Waals surface area contributed by atoms with Crippen molar-refractivity contribution in [2.45, 2.75) is 25.3 Å². The summed E-state index contributed by atoms with van der Waals surface area (Å²) in [6, 6.07) is 12.9. The van der Waals surface area contributed by atoms with Gasteiger partial charge >= 0.3 is 0 Å². The van der Waals surface area contributed by atoms with Crippen molar-refractivity contribution < 1.29 is 9.50 Å². The lowest BCUT2D eigenvalue weighted by molar-refractivity contribution is 0.474. The number of nitriles is 1. The average Bonchev–Trinajstić information content (AvgIpc) is 2.45. The van der Waals surface area contributed by atoms with E-state index in [9.17, 15) is 9.50 Å². The lowest BCUT2D eigenvalue weighted by Crippen LogP contribution is -2.26. The molecule has 0 fully saturated rings. The van der Waals surface area contributed by atoms with Gasteiger partial charge < -0.3 is 10.8 Å². The van der Waals surface area contributed by atoms with Gasteiger partial charge in [-0.05, 0) is 54.8 Å². The van der Waals surface area contributed by atoms with Gasteiger partial charge in [0.05, 0.1) is 11.6 Å². The Balaban J connectivity index is 0.00000242. The average molecular weight is 321 g/mol. The molecule has 2 atom stereocenters. The summed E-state index contributed by atoms with van der Waals surface area (Å²) in [6.45, 7) is 1.86. The van der Waals surface area contributed by atoms with Gasteiger partial charge in [-0.2, -0.15) is 5.26 Å². The maximum absolute atomic E-state index is 13.6. The van der Waals surface area contributed by atoms with E-state index in [0.717, 1.165) is 11.1 Å². The fourth-order valence-corrected chi connectivity index (χ4v) is 2.38. The molecule has 2 rings (SSSR count). The summed E-state index contributed by atoms with van der Waals surface area (Å²) in [5.41, 5.74) is 8.04. The van der Waals surface area contributed by atoms with Gasteiger partial charge in [-0.1, -0.05) is 12.1 Å². The fraction of sp³-hybridized carbons (Fsp3) is 0.235. The van der Waals surface area contributed by atoms with E-state index < -0.39 is 5.82 Å². The number of rotatable bonds is 4. The largest absolute Gasteiger partial charge is 0.508 e. The molecule has 0 aliphatic carbocycles. The number of hydrogen-bond donors (Lipinski definition) is 2. The second kappa shape index (κ2) is 7.79. The summed E-state index contributed by atoms with van der Waals surface area (Å²) in [5, 5.41) is 18.3. The van der Waals surface area contributed by atoms with E-state index in [0.29, 0.717) is 12.0 Å². The zero-order valence-corrected chi connectivity index (χ0v) is 13.0. The molecule has 0 saturated carbocycles. The summed E-state index contributed by atoms with van der Waals surface area (Å²) in [6.07, 6.45) is 0.617. The summed E-state index contributed by atoms with van der Waals surface area (Å²) in [7, 11) is 0.